The van der Waals surface area contributed by atoms with Crippen molar-refractivity contribution >= 4 is 11.6 Å². The van der Waals surface area contributed by atoms with Crippen LogP contribution in [-0.4, -0.2) is 10.8 Å². The van der Waals surface area contributed by atoms with Crippen LogP contribution in [0, 0.1) is 0 Å². The Morgan fingerprint density at radius 2 is 2.20 bits per heavy atom. The van der Waals surface area contributed by atoms with E-state index in [1.54, 1.807) is 18.3 Å². The molecule has 1 heterocycles. The van der Waals surface area contributed by atoms with E-state index in [0.29, 0.717) is 17.8 Å². The van der Waals surface area contributed by atoms with E-state index in [0.717, 1.165) is 12.8 Å². The molecule has 0 aromatic carbocycles. The van der Waals surface area contributed by atoms with Crippen LogP contribution in [0.25, 0.3) is 0 Å². The van der Waals surface area contributed by atoms with Gasteiger partial charge in [-0.2, -0.15) is 0 Å². The van der Waals surface area contributed by atoms with Crippen molar-refractivity contribution in [2.45, 2.75) is 39.0 Å². The van der Waals surface area contributed by atoms with Gasteiger partial charge in [-0.05, 0) is 18.6 Å². The molecular formula is C12H18N2O. The molecule has 0 aliphatic carbocycles. The van der Waals surface area contributed by atoms with Gasteiger partial charge in [-0.1, -0.05) is 26.2 Å². The zero-order valence-corrected chi connectivity index (χ0v) is 9.20. The minimum atomic E-state index is 0.167. The summed E-state index contributed by atoms with van der Waals surface area (Å²) < 4.78 is 0. The van der Waals surface area contributed by atoms with Crippen molar-refractivity contribution in [3.63, 3.8) is 0 Å². The van der Waals surface area contributed by atoms with E-state index < -0.39 is 0 Å². The van der Waals surface area contributed by atoms with Gasteiger partial charge in [-0.25, -0.2) is 4.98 Å². The number of hydrogen-bond acceptors (Lipinski definition) is 3. The number of pyridine rings is 1. The van der Waals surface area contributed by atoms with Crippen molar-refractivity contribution in [1.82, 2.24) is 4.98 Å². The highest BCUT2D eigenvalue weighted by Crippen LogP contribution is 2.10. The van der Waals surface area contributed by atoms with Crippen molar-refractivity contribution in [3.8, 4) is 0 Å². The molecule has 0 aliphatic rings. The average molecular weight is 206 g/mol. The number of ketones is 1. The molecule has 2 N–H and O–H groups in total. The normalized spacial score (nSPS) is 10.2. The summed E-state index contributed by atoms with van der Waals surface area (Å²) in [6, 6.07) is 3.36. The van der Waals surface area contributed by atoms with E-state index in [1.165, 1.54) is 12.8 Å². The van der Waals surface area contributed by atoms with Gasteiger partial charge in [0.2, 0.25) is 0 Å². The fourth-order valence-electron chi connectivity index (χ4n) is 1.48. The van der Waals surface area contributed by atoms with E-state index in [1.807, 2.05) is 0 Å². The Labute approximate surface area is 90.7 Å². The quantitative estimate of drug-likeness (QED) is 0.575. The Morgan fingerprint density at radius 3 is 2.87 bits per heavy atom. The molecular weight excluding hydrogens is 188 g/mol. The zero-order valence-electron chi connectivity index (χ0n) is 9.20. The van der Waals surface area contributed by atoms with Crippen molar-refractivity contribution in [2.75, 3.05) is 5.73 Å². The van der Waals surface area contributed by atoms with Crippen molar-refractivity contribution < 1.29 is 4.79 Å². The van der Waals surface area contributed by atoms with Crippen molar-refractivity contribution in [2.24, 2.45) is 0 Å². The second kappa shape index (κ2) is 6.17. The summed E-state index contributed by atoms with van der Waals surface area (Å²) in [5, 5.41) is 0. The van der Waals surface area contributed by atoms with Crippen LogP contribution in [0.2, 0.25) is 0 Å². The number of carbonyl (C=O) groups is 1. The topological polar surface area (TPSA) is 56.0 Å². The third-order valence-electron chi connectivity index (χ3n) is 2.36. The van der Waals surface area contributed by atoms with E-state index in [9.17, 15) is 4.79 Å². The summed E-state index contributed by atoms with van der Waals surface area (Å²) >= 11 is 0. The molecule has 0 saturated heterocycles. The molecule has 3 nitrogen and oxygen atoms in total. The third kappa shape index (κ3) is 4.11. The first-order chi connectivity index (χ1) is 7.24. The monoisotopic (exact) mass is 206 g/mol. The third-order valence-corrected chi connectivity index (χ3v) is 2.36. The summed E-state index contributed by atoms with van der Waals surface area (Å²) in [5.74, 6) is 0.578. The molecule has 0 aliphatic heterocycles. The summed E-state index contributed by atoms with van der Waals surface area (Å²) in [7, 11) is 0. The smallest absolute Gasteiger partial charge is 0.163 e. The van der Waals surface area contributed by atoms with Gasteiger partial charge in [0.1, 0.15) is 5.82 Å². The lowest BCUT2D eigenvalue weighted by molar-refractivity contribution is 0.0979. The van der Waals surface area contributed by atoms with Crippen LogP contribution in [-0.2, 0) is 0 Å². The van der Waals surface area contributed by atoms with Crippen LogP contribution in [0.5, 0.6) is 0 Å². The van der Waals surface area contributed by atoms with Crippen LogP contribution in [0.1, 0.15) is 49.4 Å². The first-order valence-electron chi connectivity index (χ1n) is 5.48. The number of hydrogen-bond donors (Lipinski definition) is 1. The molecule has 0 bridgehead atoms. The lowest BCUT2D eigenvalue weighted by Gasteiger charge is -2.01. The molecule has 0 radical (unpaired) electrons. The number of rotatable bonds is 6. The highest BCUT2D eigenvalue weighted by Gasteiger charge is 2.05. The van der Waals surface area contributed by atoms with Crippen molar-refractivity contribution in [1.29, 1.82) is 0 Å². The largest absolute Gasteiger partial charge is 0.384 e. The van der Waals surface area contributed by atoms with E-state index in [-0.39, 0.29) is 5.78 Å². The maximum Gasteiger partial charge on any atom is 0.163 e. The Bertz CT molecular complexity index is 323. The minimum Gasteiger partial charge on any atom is -0.384 e. The number of anilines is 1. The molecule has 0 saturated carbocycles. The predicted molar refractivity (Wildman–Crippen MR) is 61.7 cm³/mol. The summed E-state index contributed by atoms with van der Waals surface area (Å²) in [4.78, 5) is 15.5. The molecule has 0 fully saturated rings. The molecule has 15 heavy (non-hydrogen) atoms. The number of unbranched alkanes of at least 4 members (excludes halogenated alkanes) is 3. The lowest BCUT2D eigenvalue weighted by atomic mass is 10.1. The van der Waals surface area contributed by atoms with Gasteiger partial charge in [0, 0.05) is 18.2 Å². The minimum absolute atomic E-state index is 0.167. The number of nitrogens with zero attached hydrogens (tertiary/aromatic N) is 1. The second-order valence-electron chi connectivity index (χ2n) is 3.70. The van der Waals surface area contributed by atoms with Gasteiger partial charge in [-0.15, -0.1) is 0 Å². The fourth-order valence-corrected chi connectivity index (χ4v) is 1.48. The highest BCUT2D eigenvalue weighted by molar-refractivity contribution is 5.96. The Morgan fingerprint density at radius 1 is 1.40 bits per heavy atom. The number of carbonyl (C=O) groups excluding carboxylic acids is 1. The van der Waals surface area contributed by atoms with Gasteiger partial charge < -0.3 is 5.73 Å². The van der Waals surface area contributed by atoms with Gasteiger partial charge >= 0.3 is 0 Å². The molecule has 1 aromatic rings. The van der Waals surface area contributed by atoms with Gasteiger partial charge in [0.25, 0.3) is 0 Å². The molecule has 0 amide bonds. The Kier molecular flexibility index (Phi) is 4.81. The first-order valence-corrected chi connectivity index (χ1v) is 5.48. The Balaban J connectivity index is 2.40. The van der Waals surface area contributed by atoms with Gasteiger partial charge in [-0.3, -0.25) is 4.79 Å². The maximum absolute atomic E-state index is 11.7. The predicted octanol–water partition coefficient (Wildman–Crippen LogP) is 2.82. The van der Waals surface area contributed by atoms with Crippen LogP contribution in [0.15, 0.2) is 18.3 Å². The average Bonchev–Trinajstić information content (AvgIpc) is 2.24. The zero-order chi connectivity index (χ0) is 11.1. The molecule has 1 rings (SSSR count). The molecule has 3 heteroatoms. The maximum atomic E-state index is 11.7. The number of nitrogen functional groups attached to an aromatic ring is 1. The van der Waals surface area contributed by atoms with Gasteiger partial charge in [0.05, 0.1) is 0 Å². The van der Waals surface area contributed by atoms with Crippen LogP contribution >= 0.6 is 0 Å². The van der Waals surface area contributed by atoms with E-state index >= 15 is 0 Å². The molecule has 82 valence electrons. The standard InChI is InChI=1S/C12H18N2O/c1-2-3-4-5-6-11(15)10-7-8-14-12(13)9-10/h7-9H,2-6H2,1H3,(H2,13,14). The van der Waals surface area contributed by atoms with Crippen molar-refractivity contribution in [3.05, 3.63) is 23.9 Å². The van der Waals surface area contributed by atoms with Gasteiger partial charge in [0.15, 0.2) is 5.78 Å². The molecule has 0 unspecified atom stereocenters. The van der Waals surface area contributed by atoms with Crippen LogP contribution in [0.3, 0.4) is 0 Å². The fraction of sp³-hybridized carbons (Fsp3) is 0.500. The summed E-state index contributed by atoms with van der Waals surface area (Å²) in [6.45, 7) is 2.16. The second-order valence-corrected chi connectivity index (χ2v) is 3.70. The molecule has 1 aromatic heterocycles. The number of Topliss-reactive ketones (excluding diaryl/α,β-unsaturated/α-hetero) is 1. The number of aromatic nitrogens is 1. The van der Waals surface area contributed by atoms with E-state index in [4.69, 9.17) is 5.73 Å². The van der Waals surface area contributed by atoms with Crippen LogP contribution < -0.4 is 5.73 Å². The molecule has 0 atom stereocenters. The highest BCUT2D eigenvalue weighted by atomic mass is 16.1. The van der Waals surface area contributed by atoms with E-state index in [2.05, 4.69) is 11.9 Å². The Hall–Kier alpha value is -1.38. The first kappa shape index (κ1) is 11.7. The number of nitrogens with two attached hydrogens (primary N) is 1. The summed E-state index contributed by atoms with van der Waals surface area (Å²) in [5.41, 5.74) is 6.19. The SMILES string of the molecule is CCCCCCC(=O)c1ccnc(N)c1. The summed E-state index contributed by atoms with van der Waals surface area (Å²) in [6.07, 6.45) is 6.68. The molecule has 0 spiro atoms. The van der Waals surface area contributed by atoms with Crippen LogP contribution in [0.4, 0.5) is 5.82 Å². The lowest BCUT2D eigenvalue weighted by Crippen LogP contribution is -2.01.